The number of phenols is 2. The molecule has 0 saturated carbocycles. The van der Waals surface area contributed by atoms with Crippen LogP contribution in [-0.4, -0.2) is 55.4 Å². The van der Waals surface area contributed by atoms with Gasteiger partial charge in [-0.05, 0) is 53.6 Å². The Balaban J connectivity index is 1.76. The maximum absolute atomic E-state index is 14.2. The molecule has 0 saturated heterocycles. The smallest absolute Gasteiger partial charge is 0.336 e. The van der Waals surface area contributed by atoms with E-state index in [4.69, 9.17) is 15.6 Å². The molecular weight excluding hydrogens is 586 g/mol. The van der Waals surface area contributed by atoms with Crippen molar-refractivity contribution in [3.8, 4) is 28.4 Å². The molecule has 0 fully saturated rings. The molecule has 0 radical (unpaired) electrons. The van der Waals surface area contributed by atoms with Gasteiger partial charge < -0.3 is 31.1 Å². The Morgan fingerprint density at radius 2 is 1.55 bits per heavy atom. The first kappa shape index (κ1) is 30.1. The molecule has 0 spiro atoms. The number of carbonyl (C=O) groups is 2. The van der Waals surface area contributed by atoms with Crippen molar-refractivity contribution in [2.45, 2.75) is 17.4 Å². The number of sulfonamides is 1. The number of carboxylic acids is 1. The number of benzene rings is 5. The van der Waals surface area contributed by atoms with Crippen molar-refractivity contribution in [2.24, 2.45) is 5.73 Å². The molecule has 5 aromatic rings. The van der Waals surface area contributed by atoms with Gasteiger partial charge in [0.15, 0.2) is 0 Å². The van der Waals surface area contributed by atoms with Gasteiger partial charge >= 0.3 is 12.0 Å². The third kappa shape index (κ3) is 5.55. The summed E-state index contributed by atoms with van der Waals surface area (Å²) >= 11 is 0. The second kappa shape index (κ2) is 12.1. The molecule has 1 atom stereocenters. The normalized spacial score (nSPS) is 12.1. The first-order chi connectivity index (χ1) is 21.0. The molecule has 5 rings (SSSR count). The number of methoxy groups -OCH3 is 1. The van der Waals surface area contributed by atoms with Crippen molar-refractivity contribution in [3.63, 3.8) is 0 Å². The molecule has 0 aliphatic heterocycles. The third-order valence-corrected chi connectivity index (χ3v) is 8.93. The van der Waals surface area contributed by atoms with E-state index in [0.717, 1.165) is 5.39 Å². The summed E-state index contributed by atoms with van der Waals surface area (Å²) in [5.74, 6) is -1.28. The highest BCUT2D eigenvalue weighted by molar-refractivity contribution is 7.93. The van der Waals surface area contributed by atoms with E-state index in [0.29, 0.717) is 15.4 Å². The van der Waals surface area contributed by atoms with Crippen LogP contribution >= 0.6 is 0 Å². The lowest BCUT2D eigenvalue weighted by molar-refractivity contribution is -0.138. The molecule has 12 heteroatoms. The second-order valence-electron chi connectivity index (χ2n) is 9.93. The summed E-state index contributed by atoms with van der Waals surface area (Å²) in [5, 5.41) is 35.9. The topological polar surface area (TPSA) is 179 Å². The van der Waals surface area contributed by atoms with Crippen LogP contribution in [0, 0.1) is 0 Å². The maximum atomic E-state index is 14.2. The van der Waals surface area contributed by atoms with Crippen molar-refractivity contribution in [2.75, 3.05) is 18.0 Å². The predicted octanol–water partition coefficient (Wildman–Crippen LogP) is 4.79. The van der Waals surface area contributed by atoms with E-state index in [1.54, 1.807) is 42.5 Å². The highest BCUT2D eigenvalue weighted by Gasteiger charge is 2.34. The fourth-order valence-corrected chi connectivity index (χ4v) is 6.36. The Bertz CT molecular complexity index is 2000. The number of ether oxygens (including phenoxy) is 1. The number of nitrogens with one attached hydrogen (secondary N) is 1. The van der Waals surface area contributed by atoms with Crippen molar-refractivity contribution < 1.29 is 38.1 Å². The molecule has 0 aliphatic rings. The van der Waals surface area contributed by atoms with Crippen LogP contribution in [0.3, 0.4) is 0 Å². The van der Waals surface area contributed by atoms with Gasteiger partial charge in [-0.15, -0.1) is 0 Å². The van der Waals surface area contributed by atoms with E-state index in [-0.39, 0.29) is 56.9 Å². The number of phenolic OH excluding ortho intramolecular Hbond substituents is 2. The van der Waals surface area contributed by atoms with Gasteiger partial charge in [0.2, 0.25) is 0 Å². The quantitative estimate of drug-likeness (QED) is 0.156. The number of carboxylic acid groups (broad SMARTS) is 1. The summed E-state index contributed by atoms with van der Waals surface area (Å²) in [7, 11) is -3.20. The fraction of sp³-hybridized carbons (Fsp3) is 0.125. The minimum absolute atomic E-state index is 0.0867. The van der Waals surface area contributed by atoms with Crippen LogP contribution in [0.5, 0.6) is 17.2 Å². The van der Waals surface area contributed by atoms with Gasteiger partial charge in [-0.1, -0.05) is 54.6 Å². The van der Waals surface area contributed by atoms with Gasteiger partial charge in [-0.3, -0.25) is 4.79 Å². The molecule has 2 amide bonds. The first-order valence-electron chi connectivity index (χ1n) is 13.5. The lowest BCUT2D eigenvalue weighted by atomic mass is 9.93. The number of nitrogens with two attached hydrogens (primary N) is 1. The van der Waals surface area contributed by atoms with Crippen molar-refractivity contribution >= 4 is 49.3 Å². The summed E-state index contributed by atoms with van der Waals surface area (Å²) in [6.45, 7) is -0.242. The Kier molecular flexibility index (Phi) is 8.30. The molecule has 0 heterocycles. The molecule has 0 aromatic heterocycles. The number of aromatic hydroxyl groups is 2. The Hall–Kier alpha value is -5.33. The van der Waals surface area contributed by atoms with Crippen molar-refractivity contribution in [3.05, 3.63) is 91.0 Å². The third-order valence-electron chi connectivity index (χ3n) is 7.22. The van der Waals surface area contributed by atoms with Crippen LogP contribution in [0.25, 0.3) is 32.7 Å². The number of fused-ring (bicyclic) bond motifs is 2. The van der Waals surface area contributed by atoms with Crippen LogP contribution < -0.4 is 20.1 Å². The molecular formula is C32H29N3O8S. The molecule has 0 aliphatic carbocycles. The summed E-state index contributed by atoms with van der Waals surface area (Å²) in [5.41, 5.74) is 5.79. The number of rotatable bonds is 9. The van der Waals surface area contributed by atoms with Crippen LogP contribution in [-0.2, 0) is 14.8 Å². The Morgan fingerprint density at radius 1 is 0.909 bits per heavy atom. The molecule has 1 unspecified atom stereocenters. The average Bonchev–Trinajstić information content (AvgIpc) is 3.02. The number of urea groups is 1. The van der Waals surface area contributed by atoms with Crippen LogP contribution in [0.1, 0.15) is 6.42 Å². The first-order valence-corrected chi connectivity index (χ1v) is 14.9. The van der Waals surface area contributed by atoms with Gasteiger partial charge in [0.05, 0.1) is 17.7 Å². The van der Waals surface area contributed by atoms with E-state index in [9.17, 15) is 28.2 Å². The zero-order valence-electron chi connectivity index (χ0n) is 23.5. The molecule has 0 bridgehead atoms. The van der Waals surface area contributed by atoms with Gasteiger partial charge in [0, 0.05) is 28.4 Å². The molecule has 6 N–H and O–H groups in total. The zero-order valence-corrected chi connectivity index (χ0v) is 24.3. The van der Waals surface area contributed by atoms with Crippen LogP contribution in [0.15, 0.2) is 95.9 Å². The van der Waals surface area contributed by atoms with Crippen LogP contribution in [0.4, 0.5) is 10.5 Å². The number of anilines is 1. The number of amides is 2. The largest absolute Gasteiger partial charge is 0.507 e. The van der Waals surface area contributed by atoms with Gasteiger partial charge in [0.25, 0.3) is 10.0 Å². The van der Waals surface area contributed by atoms with E-state index in [1.165, 1.54) is 43.5 Å². The lowest BCUT2D eigenvalue weighted by Crippen LogP contribution is -2.45. The van der Waals surface area contributed by atoms with E-state index >= 15 is 0 Å². The van der Waals surface area contributed by atoms with E-state index < -0.39 is 28.1 Å². The molecule has 226 valence electrons. The number of aliphatic carboxylic acids is 1. The molecule has 5 aromatic carbocycles. The van der Waals surface area contributed by atoms with Gasteiger partial charge in [0.1, 0.15) is 23.3 Å². The summed E-state index contributed by atoms with van der Waals surface area (Å²) in [4.78, 5) is 24.8. The van der Waals surface area contributed by atoms with Gasteiger partial charge in [-0.2, -0.15) is 4.31 Å². The Labute approximate surface area is 252 Å². The summed E-state index contributed by atoms with van der Waals surface area (Å²) in [6, 6.07) is 21.2. The molecule has 11 nitrogen and oxygen atoms in total. The van der Waals surface area contributed by atoms with Gasteiger partial charge in [-0.25, -0.2) is 13.2 Å². The molecule has 44 heavy (non-hydrogen) atoms. The van der Waals surface area contributed by atoms with Crippen LogP contribution in [0.2, 0.25) is 0 Å². The minimum atomic E-state index is -4.63. The maximum Gasteiger partial charge on any atom is 0.336 e. The highest BCUT2D eigenvalue weighted by atomic mass is 32.2. The fourth-order valence-electron chi connectivity index (χ4n) is 4.97. The standard InChI is InChI=1S/C32H29N3O8S/c1-43-20-11-13-21(14-12-20)44(41,42)35(32(40)34-17-16-26(33)31(38)39)27-18-25(30(37)24-9-5-4-8-23(24)27)29-22-7-3-2-6-19(22)10-15-28(29)36/h2-15,18,26,36-37H,16-17,33H2,1H3,(H,34,40)(H,38,39). The van der Waals surface area contributed by atoms with Crippen molar-refractivity contribution in [1.82, 2.24) is 5.32 Å². The predicted molar refractivity (Wildman–Crippen MR) is 167 cm³/mol. The average molecular weight is 616 g/mol. The number of nitrogens with zero attached hydrogens (tertiary/aromatic N) is 1. The van der Waals surface area contributed by atoms with E-state index in [1.807, 2.05) is 12.1 Å². The second-order valence-corrected chi connectivity index (χ2v) is 11.7. The van der Waals surface area contributed by atoms with Crippen molar-refractivity contribution in [1.29, 1.82) is 0 Å². The zero-order chi connectivity index (χ0) is 31.6. The lowest BCUT2D eigenvalue weighted by Gasteiger charge is -2.26. The van der Waals surface area contributed by atoms with E-state index in [2.05, 4.69) is 5.32 Å². The minimum Gasteiger partial charge on any atom is -0.507 e. The Morgan fingerprint density at radius 3 is 2.20 bits per heavy atom. The number of hydrogen-bond donors (Lipinski definition) is 5. The SMILES string of the molecule is COc1ccc(S(=O)(=O)N(C(=O)NCCC(N)C(=O)O)c2cc(-c3c(O)ccc4ccccc34)c(O)c3ccccc23)cc1. The summed E-state index contributed by atoms with van der Waals surface area (Å²) < 4.78 is 34.2. The monoisotopic (exact) mass is 615 g/mol. The number of carbonyl (C=O) groups excluding carboxylic acids is 1. The number of hydrogen-bond acceptors (Lipinski definition) is 8. The summed E-state index contributed by atoms with van der Waals surface area (Å²) in [6.07, 6.45) is -0.164. The highest BCUT2D eigenvalue weighted by Crippen LogP contribution is 2.47.